The molecular weight excluding hydrogens is 563 g/mol. The van der Waals surface area contributed by atoms with Gasteiger partial charge in [-0.15, -0.1) is 5.10 Å². The van der Waals surface area contributed by atoms with Gasteiger partial charge in [0, 0.05) is 32.0 Å². The predicted molar refractivity (Wildman–Crippen MR) is 166 cm³/mol. The van der Waals surface area contributed by atoms with Gasteiger partial charge in [-0.25, -0.2) is 9.07 Å². The Balaban J connectivity index is 1.58. The zero-order valence-electron chi connectivity index (χ0n) is 24.9. The van der Waals surface area contributed by atoms with Crippen molar-refractivity contribution < 1.29 is 23.5 Å². The molecule has 11 heteroatoms. The molecule has 0 spiro atoms. The van der Waals surface area contributed by atoms with Gasteiger partial charge in [-0.05, 0) is 71.8 Å². The van der Waals surface area contributed by atoms with Crippen LogP contribution in [0.4, 0.5) is 15.8 Å². The summed E-state index contributed by atoms with van der Waals surface area (Å²) in [7, 11) is 6.88. The smallest absolute Gasteiger partial charge is 0.251 e. The van der Waals surface area contributed by atoms with Crippen molar-refractivity contribution in [2.24, 2.45) is 0 Å². The van der Waals surface area contributed by atoms with Gasteiger partial charge in [0.05, 0.1) is 19.7 Å². The Morgan fingerprint density at radius 1 is 0.909 bits per heavy atom. The molecule has 226 valence electrons. The van der Waals surface area contributed by atoms with Crippen LogP contribution in [0, 0.1) is 5.82 Å². The predicted octanol–water partition coefficient (Wildman–Crippen LogP) is 5.06. The lowest BCUT2D eigenvalue weighted by Crippen LogP contribution is -2.42. The first-order chi connectivity index (χ1) is 21.3. The van der Waals surface area contributed by atoms with E-state index >= 15 is 0 Å². The van der Waals surface area contributed by atoms with E-state index in [1.54, 1.807) is 48.5 Å². The van der Waals surface area contributed by atoms with E-state index in [-0.39, 0.29) is 13.1 Å². The maximum Gasteiger partial charge on any atom is 0.251 e. The number of hydrogen-bond acceptors (Lipinski definition) is 7. The monoisotopic (exact) mass is 596 g/mol. The molecule has 0 aliphatic rings. The molecule has 0 aliphatic carbocycles. The number of carbonyl (C=O) groups is 2. The summed E-state index contributed by atoms with van der Waals surface area (Å²) < 4.78 is 26.3. The maximum absolute atomic E-state index is 14.2. The fourth-order valence-electron chi connectivity index (χ4n) is 4.91. The lowest BCUT2D eigenvalue weighted by atomic mass is 10.0. The van der Waals surface area contributed by atoms with E-state index in [9.17, 15) is 14.0 Å². The highest BCUT2D eigenvalue weighted by atomic mass is 19.1. The van der Waals surface area contributed by atoms with Crippen LogP contribution in [0.5, 0.6) is 11.5 Å². The summed E-state index contributed by atoms with van der Waals surface area (Å²) in [5.74, 6) is -0.387. The largest absolute Gasteiger partial charge is 0.493 e. The van der Waals surface area contributed by atoms with Crippen molar-refractivity contribution in [3.05, 3.63) is 108 Å². The third-order valence-corrected chi connectivity index (χ3v) is 7.23. The average Bonchev–Trinajstić information content (AvgIpc) is 3.44. The number of rotatable bonds is 11. The van der Waals surface area contributed by atoms with Crippen molar-refractivity contribution >= 4 is 34.2 Å². The summed E-state index contributed by atoms with van der Waals surface area (Å²) in [5.41, 5.74) is 3.97. The molecule has 4 aromatic carbocycles. The molecule has 0 aliphatic heterocycles. The van der Waals surface area contributed by atoms with E-state index in [4.69, 9.17) is 9.47 Å². The Labute approximate surface area is 254 Å². The highest BCUT2D eigenvalue weighted by molar-refractivity contribution is 5.98. The van der Waals surface area contributed by atoms with Gasteiger partial charge in [0.1, 0.15) is 23.9 Å². The summed E-state index contributed by atoms with van der Waals surface area (Å²) in [6, 6.07) is 24.5. The van der Waals surface area contributed by atoms with Gasteiger partial charge < -0.3 is 24.6 Å². The van der Waals surface area contributed by atoms with Crippen molar-refractivity contribution in [2.75, 3.05) is 38.5 Å². The Kier molecular flexibility index (Phi) is 9.03. The first kappa shape index (κ1) is 30.0. The van der Waals surface area contributed by atoms with Crippen LogP contribution in [0.3, 0.4) is 0 Å². The number of fused-ring (bicyclic) bond motifs is 1. The average molecular weight is 597 g/mol. The van der Waals surface area contributed by atoms with E-state index in [2.05, 4.69) is 15.6 Å². The number of benzene rings is 4. The molecule has 1 aromatic heterocycles. The molecule has 1 N–H and O–H groups in total. The summed E-state index contributed by atoms with van der Waals surface area (Å²) >= 11 is 0. The van der Waals surface area contributed by atoms with Crippen molar-refractivity contribution in [1.82, 2.24) is 19.9 Å². The van der Waals surface area contributed by atoms with E-state index in [0.717, 1.165) is 5.69 Å². The molecule has 5 aromatic rings. The first-order valence-corrected chi connectivity index (χ1v) is 13.9. The number of hydrogen-bond donors (Lipinski definition) is 1. The quantitative estimate of drug-likeness (QED) is 0.227. The van der Waals surface area contributed by atoms with Crippen LogP contribution in [-0.4, -0.2) is 60.0 Å². The second-order valence-corrected chi connectivity index (χ2v) is 10.3. The van der Waals surface area contributed by atoms with Gasteiger partial charge in [-0.3, -0.25) is 9.59 Å². The minimum Gasteiger partial charge on any atom is -0.493 e. The molecule has 1 heterocycles. The van der Waals surface area contributed by atoms with Crippen LogP contribution in [0.1, 0.15) is 17.2 Å². The van der Waals surface area contributed by atoms with Gasteiger partial charge in [-0.2, -0.15) is 0 Å². The van der Waals surface area contributed by atoms with Crippen LogP contribution >= 0.6 is 0 Å². The topological polar surface area (TPSA) is 102 Å². The normalized spacial score (nSPS) is 11.6. The molecule has 0 unspecified atom stereocenters. The van der Waals surface area contributed by atoms with Crippen molar-refractivity contribution in [3.63, 3.8) is 0 Å². The minimum absolute atomic E-state index is 0.0116. The number of methoxy groups -OCH3 is 2. The van der Waals surface area contributed by atoms with Crippen molar-refractivity contribution in [2.45, 2.75) is 19.1 Å². The van der Waals surface area contributed by atoms with E-state index in [1.165, 1.54) is 35.9 Å². The van der Waals surface area contributed by atoms with Gasteiger partial charge in [-0.1, -0.05) is 35.5 Å². The molecule has 0 fully saturated rings. The fourth-order valence-corrected chi connectivity index (χ4v) is 4.91. The van der Waals surface area contributed by atoms with Crippen LogP contribution in [0.25, 0.3) is 11.0 Å². The molecule has 5 rings (SSSR count). The first-order valence-electron chi connectivity index (χ1n) is 13.9. The molecule has 44 heavy (non-hydrogen) atoms. The number of para-hydroxylation sites is 1. The molecule has 0 saturated heterocycles. The Bertz CT molecular complexity index is 1760. The highest BCUT2D eigenvalue weighted by Gasteiger charge is 2.33. The lowest BCUT2D eigenvalue weighted by Gasteiger charge is -2.32. The summed E-state index contributed by atoms with van der Waals surface area (Å²) in [4.78, 5) is 31.8. The van der Waals surface area contributed by atoms with E-state index < -0.39 is 23.7 Å². The molecule has 0 bridgehead atoms. The number of anilines is 2. The van der Waals surface area contributed by atoms with Gasteiger partial charge in [0.15, 0.2) is 11.5 Å². The van der Waals surface area contributed by atoms with Crippen molar-refractivity contribution in [3.8, 4) is 11.5 Å². The van der Waals surface area contributed by atoms with Crippen LogP contribution in [0.2, 0.25) is 0 Å². The number of amides is 2. The third kappa shape index (κ3) is 6.62. The summed E-state index contributed by atoms with van der Waals surface area (Å²) in [5, 5.41) is 11.3. The zero-order valence-corrected chi connectivity index (χ0v) is 24.9. The fraction of sp³-hybridized carbons (Fsp3) is 0.212. The van der Waals surface area contributed by atoms with Crippen LogP contribution in [0.15, 0.2) is 91.0 Å². The third-order valence-electron chi connectivity index (χ3n) is 7.23. The summed E-state index contributed by atoms with van der Waals surface area (Å²) in [6.07, 6.45) is 0. The summed E-state index contributed by atoms with van der Waals surface area (Å²) in [6.45, 7) is -0.173. The number of carbonyl (C=O) groups excluding carboxylic acids is 2. The highest BCUT2D eigenvalue weighted by Crippen LogP contribution is 2.34. The number of aromatic nitrogens is 3. The Morgan fingerprint density at radius 3 is 2.30 bits per heavy atom. The van der Waals surface area contributed by atoms with Gasteiger partial charge in [0.25, 0.3) is 5.91 Å². The molecule has 0 radical (unpaired) electrons. The zero-order chi connectivity index (χ0) is 31.2. The Morgan fingerprint density at radius 2 is 1.61 bits per heavy atom. The number of ether oxygens (including phenoxy) is 2. The second-order valence-electron chi connectivity index (χ2n) is 10.3. The number of nitrogens with zero attached hydrogens (tertiary/aromatic N) is 5. The van der Waals surface area contributed by atoms with Crippen LogP contribution < -0.4 is 19.7 Å². The van der Waals surface area contributed by atoms with Crippen LogP contribution in [-0.2, 0) is 22.7 Å². The number of nitrogens with one attached hydrogen (secondary N) is 1. The van der Waals surface area contributed by atoms with E-state index in [0.29, 0.717) is 39.3 Å². The van der Waals surface area contributed by atoms with E-state index in [1.807, 2.05) is 49.3 Å². The Hall–Kier alpha value is -5.45. The standard InChI is InChI=1S/C33H33FN6O4/c1-38(2)26-16-14-25(15-17-26)35-33(42)32(23-11-18-29(43-3)30(19-23)44-4)39(20-22-9-12-24(34)13-10-22)31(41)21-40-28-8-6-5-7-27(28)36-37-40/h5-19,32H,20-21H2,1-4H3,(H,35,42)/t32-/m1/s1. The molecular formula is C33H33FN6O4. The van der Waals surface area contributed by atoms with Gasteiger partial charge in [0.2, 0.25) is 5.91 Å². The minimum atomic E-state index is -1.12. The molecule has 1 atom stereocenters. The molecule has 10 nitrogen and oxygen atoms in total. The maximum atomic E-state index is 14.2. The number of halogens is 1. The second kappa shape index (κ2) is 13.2. The van der Waals surface area contributed by atoms with Crippen molar-refractivity contribution in [1.29, 1.82) is 0 Å². The van der Waals surface area contributed by atoms with Gasteiger partial charge >= 0.3 is 0 Å². The molecule has 0 saturated carbocycles. The molecule has 2 amide bonds. The lowest BCUT2D eigenvalue weighted by molar-refractivity contribution is -0.140. The SMILES string of the molecule is COc1ccc([C@H](C(=O)Nc2ccc(N(C)C)cc2)N(Cc2ccc(F)cc2)C(=O)Cn2nnc3ccccc32)cc1OC.